The molecule has 3 aromatic rings. The van der Waals surface area contributed by atoms with Crippen molar-refractivity contribution in [3.8, 4) is 11.3 Å². The lowest BCUT2D eigenvalue weighted by atomic mass is 9.97. The SMILES string of the molecule is Cc1nc([C@H](CC2=CCC(NS(=O)[O-])C=C2)Nc2ncc(-c3ccccc3)o2)cs1. The van der Waals surface area contributed by atoms with Crippen molar-refractivity contribution < 1.29 is 13.2 Å². The number of nitrogens with one attached hydrogen (secondary N) is 2. The predicted molar refractivity (Wildman–Crippen MR) is 117 cm³/mol. The fourth-order valence-corrected chi connectivity index (χ4v) is 4.35. The summed E-state index contributed by atoms with van der Waals surface area (Å²) < 4.78 is 30.0. The number of nitrogens with zero attached hydrogens (tertiary/aromatic N) is 2. The van der Waals surface area contributed by atoms with Crippen molar-refractivity contribution in [1.82, 2.24) is 14.7 Å². The van der Waals surface area contributed by atoms with Crippen LogP contribution in [0.15, 0.2) is 70.1 Å². The van der Waals surface area contributed by atoms with Gasteiger partial charge in [0.25, 0.3) is 6.01 Å². The van der Waals surface area contributed by atoms with Crippen LogP contribution in [0.1, 0.15) is 29.6 Å². The van der Waals surface area contributed by atoms with Gasteiger partial charge in [-0.25, -0.2) is 14.7 Å². The smallest absolute Gasteiger partial charge is 0.295 e. The number of oxazole rings is 1. The molecular formula is C21H21N4O3S2-. The summed E-state index contributed by atoms with van der Waals surface area (Å²) >= 11 is -0.678. The molecular weight excluding hydrogens is 420 g/mol. The molecule has 0 saturated heterocycles. The fraction of sp³-hybridized carbons (Fsp3) is 0.238. The minimum absolute atomic E-state index is 0.119. The highest BCUT2D eigenvalue weighted by Gasteiger charge is 2.20. The molecule has 1 aliphatic rings. The van der Waals surface area contributed by atoms with Crippen molar-refractivity contribution in [1.29, 1.82) is 0 Å². The summed E-state index contributed by atoms with van der Waals surface area (Å²) in [5, 5.41) is 6.39. The number of allylic oxidation sites excluding steroid dienone is 1. The minimum atomic E-state index is -2.27. The summed E-state index contributed by atoms with van der Waals surface area (Å²) in [5.41, 5.74) is 2.99. The highest BCUT2D eigenvalue weighted by molar-refractivity contribution is 7.77. The summed E-state index contributed by atoms with van der Waals surface area (Å²) in [7, 11) is 0. The molecule has 4 rings (SSSR count). The van der Waals surface area contributed by atoms with E-state index in [-0.39, 0.29) is 12.1 Å². The maximum absolute atomic E-state index is 10.8. The van der Waals surface area contributed by atoms with E-state index in [0.717, 1.165) is 21.8 Å². The second-order valence-electron chi connectivity index (χ2n) is 6.92. The predicted octanol–water partition coefficient (Wildman–Crippen LogP) is 4.29. The average molecular weight is 442 g/mol. The summed E-state index contributed by atoms with van der Waals surface area (Å²) in [6.45, 7) is 1.98. The van der Waals surface area contributed by atoms with Gasteiger partial charge in [0.15, 0.2) is 5.76 Å². The monoisotopic (exact) mass is 441 g/mol. The lowest BCUT2D eigenvalue weighted by molar-refractivity contribution is 0.514. The topological polar surface area (TPSA) is 103 Å². The van der Waals surface area contributed by atoms with E-state index in [9.17, 15) is 8.76 Å². The molecule has 156 valence electrons. The van der Waals surface area contributed by atoms with E-state index in [1.54, 1.807) is 17.5 Å². The number of hydrogen-bond donors (Lipinski definition) is 2. The highest BCUT2D eigenvalue weighted by atomic mass is 32.2. The Morgan fingerprint density at radius 2 is 2.20 bits per heavy atom. The number of aryl methyl sites for hydroxylation is 1. The molecule has 2 unspecified atom stereocenters. The number of benzene rings is 1. The van der Waals surface area contributed by atoms with Gasteiger partial charge in [0.2, 0.25) is 0 Å². The quantitative estimate of drug-likeness (QED) is 0.506. The maximum Gasteiger partial charge on any atom is 0.295 e. The van der Waals surface area contributed by atoms with E-state index >= 15 is 0 Å². The van der Waals surface area contributed by atoms with Gasteiger partial charge in [-0.1, -0.05) is 48.6 Å². The molecule has 0 saturated carbocycles. The number of rotatable bonds is 8. The Labute approximate surface area is 181 Å². The molecule has 0 fully saturated rings. The van der Waals surface area contributed by atoms with Gasteiger partial charge in [-0.3, -0.25) is 4.21 Å². The van der Waals surface area contributed by atoms with Crippen molar-refractivity contribution >= 4 is 28.6 Å². The van der Waals surface area contributed by atoms with E-state index in [4.69, 9.17) is 4.42 Å². The Balaban J connectivity index is 1.49. The van der Waals surface area contributed by atoms with Gasteiger partial charge in [0.05, 0.1) is 22.9 Å². The van der Waals surface area contributed by atoms with Crippen LogP contribution in [0.5, 0.6) is 0 Å². The summed E-state index contributed by atoms with van der Waals surface area (Å²) in [4.78, 5) is 9.02. The first-order chi connectivity index (χ1) is 14.6. The van der Waals surface area contributed by atoms with Crippen LogP contribution in [-0.4, -0.2) is 24.8 Å². The average Bonchev–Trinajstić information content (AvgIpc) is 3.38. The van der Waals surface area contributed by atoms with Crippen molar-refractivity contribution in [2.75, 3.05) is 5.32 Å². The third-order valence-electron chi connectivity index (χ3n) is 4.72. The third kappa shape index (κ3) is 5.31. The molecule has 1 aromatic carbocycles. The van der Waals surface area contributed by atoms with Crippen molar-refractivity contribution in [3.63, 3.8) is 0 Å². The first-order valence-electron chi connectivity index (χ1n) is 9.49. The fourth-order valence-electron chi connectivity index (χ4n) is 3.26. The van der Waals surface area contributed by atoms with E-state index in [0.29, 0.717) is 24.6 Å². The molecule has 1 aliphatic carbocycles. The Bertz CT molecular complexity index is 1070. The van der Waals surface area contributed by atoms with Crippen LogP contribution >= 0.6 is 11.3 Å². The molecule has 7 nitrogen and oxygen atoms in total. The van der Waals surface area contributed by atoms with E-state index in [1.807, 2.05) is 60.9 Å². The molecule has 2 aromatic heterocycles. The number of hydrogen-bond acceptors (Lipinski definition) is 7. The van der Waals surface area contributed by atoms with E-state index in [2.05, 4.69) is 20.0 Å². The van der Waals surface area contributed by atoms with Crippen LogP contribution in [0.3, 0.4) is 0 Å². The Kier molecular flexibility index (Phi) is 6.53. The van der Waals surface area contributed by atoms with Crippen LogP contribution in [-0.2, 0) is 11.3 Å². The second-order valence-corrected chi connectivity index (χ2v) is 8.69. The van der Waals surface area contributed by atoms with E-state index in [1.165, 1.54) is 0 Å². The second kappa shape index (κ2) is 9.48. The third-order valence-corrected chi connectivity index (χ3v) is 6.01. The van der Waals surface area contributed by atoms with Gasteiger partial charge in [0, 0.05) is 28.3 Å². The van der Waals surface area contributed by atoms with Crippen LogP contribution < -0.4 is 10.0 Å². The molecule has 30 heavy (non-hydrogen) atoms. The lowest BCUT2D eigenvalue weighted by Crippen LogP contribution is -2.29. The molecule has 0 bridgehead atoms. The summed E-state index contributed by atoms with van der Waals surface area (Å²) in [5.74, 6) is 0.697. The first-order valence-corrected chi connectivity index (χ1v) is 11.4. The van der Waals surface area contributed by atoms with Gasteiger partial charge in [-0.15, -0.1) is 11.3 Å². The highest BCUT2D eigenvalue weighted by Crippen LogP contribution is 2.30. The number of aromatic nitrogens is 2. The first kappa shape index (κ1) is 20.7. The van der Waals surface area contributed by atoms with Crippen LogP contribution in [0, 0.1) is 6.92 Å². The Hall–Kier alpha value is -2.59. The molecule has 0 spiro atoms. The van der Waals surface area contributed by atoms with Crippen molar-refractivity contribution in [3.05, 3.63) is 76.4 Å². The largest absolute Gasteiger partial charge is 0.760 e. The minimum Gasteiger partial charge on any atom is -0.760 e. The molecule has 0 aliphatic heterocycles. The maximum atomic E-state index is 10.8. The van der Waals surface area contributed by atoms with Crippen molar-refractivity contribution in [2.45, 2.75) is 31.8 Å². The van der Waals surface area contributed by atoms with E-state index < -0.39 is 11.3 Å². The van der Waals surface area contributed by atoms with Gasteiger partial charge in [0.1, 0.15) is 0 Å². The molecule has 0 amide bonds. The van der Waals surface area contributed by atoms with Gasteiger partial charge in [-0.2, -0.15) is 0 Å². The zero-order chi connectivity index (χ0) is 20.9. The summed E-state index contributed by atoms with van der Waals surface area (Å²) in [6.07, 6.45) is 8.86. The van der Waals surface area contributed by atoms with Crippen LogP contribution in [0.4, 0.5) is 6.01 Å². The van der Waals surface area contributed by atoms with Gasteiger partial charge in [-0.05, 0) is 25.3 Å². The standard InChI is InChI=1S/C21H22N4O3S2/c1-14-23-19(13-29-14)18(11-15-7-9-17(10-8-15)25-30(26)27)24-21-22-12-20(28-21)16-5-3-2-4-6-16/h2-9,12-13,17-18,25H,10-11H2,1H3,(H,22,24)(H,26,27)/p-1/t17?,18-/m0/s1. The zero-order valence-electron chi connectivity index (χ0n) is 16.3. The number of thiazole rings is 1. The molecule has 2 N–H and O–H groups in total. The number of anilines is 1. The molecule has 9 heteroatoms. The Morgan fingerprint density at radius 1 is 1.37 bits per heavy atom. The Morgan fingerprint density at radius 3 is 2.87 bits per heavy atom. The lowest BCUT2D eigenvalue weighted by Gasteiger charge is -2.21. The molecule has 3 atom stereocenters. The molecule has 2 heterocycles. The zero-order valence-corrected chi connectivity index (χ0v) is 17.9. The molecule has 0 radical (unpaired) electrons. The van der Waals surface area contributed by atoms with Gasteiger partial charge >= 0.3 is 0 Å². The summed E-state index contributed by atoms with van der Waals surface area (Å²) in [6, 6.07) is 9.93. The van der Waals surface area contributed by atoms with Crippen molar-refractivity contribution in [2.24, 2.45) is 0 Å². The van der Waals surface area contributed by atoms with Gasteiger partial charge < -0.3 is 14.3 Å². The van der Waals surface area contributed by atoms with Crippen LogP contribution in [0.25, 0.3) is 11.3 Å². The van der Waals surface area contributed by atoms with Crippen LogP contribution in [0.2, 0.25) is 0 Å². The normalized spacial score (nSPS) is 18.1.